The molecule has 1 N–H and O–H groups in total. The second-order valence-corrected chi connectivity index (χ2v) is 13.5. The third-order valence-corrected chi connectivity index (χ3v) is 10.3. The van der Waals surface area contributed by atoms with Gasteiger partial charge in [-0.15, -0.1) is 0 Å². The van der Waals surface area contributed by atoms with Crippen LogP contribution in [0.15, 0.2) is 82.6 Å². The molecule has 7 nitrogen and oxygen atoms in total. The van der Waals surface area contributed by atoms with Gasteiger partial charge >= 0.3 is 0 Å². The zero-order valence-electron chi connectivity index (χ0n) is 21.2. The Balaban J connectivity index is 1.51. The summed E-state index contributed by atoms with van der Waals surface area (Å²) >= 11 is 0. The molecule has 5 rings (SSSR count). The fraction of sp³-hybridized carbons (Fsp3) is 0.286. The highest BCUT2D eigenvalue weighted by Gasteiger charge is 2.33. The number of aromatic nitrogens is 1. The number of aryl methyl sites for hydroxylation is 3. The van der Waals surface area contributed by atoms with E-state index in [0.29, 0.717) is 13.1 Å². The van der Waals surface area contributed by atoms with Gasteiger partial charge in [0.2, 0.25) is 20.0 Å². The third-order valence-electron chi connectivity index (χ3n) is 7.01. The van der Waals surface area contributed by atoms with Gasteiger partial charge in [0.05, 0.1) is 9.79 Å². The molecule has 1 aliphatic rings. The highest BCUT2D eigenvalue weighted by Crippen LogP contribution is 2.31. The van der Waals surface area contributed by atoms with E-state index < -0.39 is 20.0 Å². The Morgan fingerprint density at radius 1 is 0.757 bits per heavy atom. The average molecular weight is 538 g/mol. The second-order valence-electron chi connectivity index (χ2n) is 9.82. The summed E-state index contributed by atoms with van der Waals surface area (Å²) in [6.45, 7) is 6.87. The number of hydrogen-bond donors (Lipinski definition) is 1. The van der Waals surface area contributed by atoms with Gasteiger partial charge in [0.1, 0.15) is 0 Å². The smallest absolute Gasteiger partial charge is 0.243 e. The quantitative estimate of drug-likeness (QED) is 0.397. The maximum atomic E-state index is 13.6. The number of nitrogens with one attached hydrogen (secondary N) is 1. The van der Waals surface area contributed by atoms with Crippen LogP contribution in [0, 0.1) is 20.8 Å². The van der Waals surface area contributed by atoms with E-state index in [2.05, 4.69) is 21.4 Å². The molecule has 1 unspecified atom stereocenters. The number of sulfonamides is 2. The third kappa shape index (κ3) is 5.09. The van der Waals surface area contributed by atoms with Crippen LogP contribution < -0.4 is 4.72 Å². The average Bonchev–Trinajstić information content (AvgIpc) is 3.10. The van der Waals surface area contributed by atoms with Crippen LogP contribution in [0.1, 0.15) is 28.3 Å². The van der Waals surface area contributed by atoms with Crippen molar-refractivity contribution in [3.8, 4) is 0 Å². The van der Waals surface area contributed by atoms with Crippen molar-refractivity contribution in [3.05, 3.63) is 95.2 Å². The van der Waals surface area contributed by atoms with Crippen molar-refractivity contribution in [2.45, 2.75) is 43.0 Å². The maximum Gasteiger partial charge on any atom is 0.243 e. The van der Waals surface area contributed by atoms with Crippen molar-refractivity contribution in [3.63, 3.8) is 0 Å². The molecule has 37 heavy (non-hydrogen) atoms. The number of benzene rings is 3. The van der Waals surface area contributed by atoms with Crippen LogP contribution in [0.3, 0.4) is 0 Å². The zero-order chi connectivity index (χ0) is 26.4. The Labute approximate surface area is 218 Å². The lowest BCUT2D eigenvalue weighted by Crippen LogP contribution is -2.38. The van der Waals surface area contributed by atoms with Crippen LogP contribution in [0.2, 0.25) is 0 Å². The largest absolute Gasteiger partial charge is 0.343 e. The van der Waals surface area contributed by atoms with E-state index in [0.717, 1.165) is 33.3 Å². The summed E-state index contributed by atoms with van der Waals surface area (Å²) in [5.74, 6) is -0.379. The van der Waals surface area contributed by atoms with Crippen LogP contribution in [0.4, 0.5) is 0 Å². The zero-order valence-corrected chi connectivity index (χ0v) is 22.8. The van der Waals surface area contributed by atoms with Gasteiger partial charge in [0.25, 0.3) is 0 Å². The van der Waals surface area contributed by atoms with Crippen molar-refractivity contribution in [1.29, 1.82) is 0 Å². The Morgan fingerprint density at radius 3 is 2.00 bits per heavy atom. The fourth-order valence-electron chi connectivity index (χ4n) is 4.90. The lowest BCUT2D eigenvalue weighted by atomic mass is 10.1. The molecule has 194 valence electrons. The number of nitrogens with zero attached hydrogens (tertiary/aromatic N) is 2. The molecular formula is C28H31N3O4S2. The first kappa shape index (κ1) is 25.7. The molecule has 0 amide bonds. The molecule has 0 saturated carbocycles. The molecule has 1 aromatic heterocycles. The standard InChI is InChI=1S/C28H31N3O4S2/c1-20-4-9-25(10-5-20)36(32,33)29-18-24-19-30(37(34,35)26-11-6-21(2)7-12-26)14-15-31-27-13-8-22(3)16-23(27)17-28(24)31/h4-13,16-17,24,29H,14-15,18-19H2,1-3H3. The lowest BCUT2D eigenvalue weighted by molar-refractivity contribution is 0.392. The molecule has 0 fully saturated rings. The first-order valence-corrected chi connectivity index (χ1v) is 15.2. The molecular weight excluding hydrogens is 506 g/mol. The molecule has 9 heteroatoms. The highest BCUT2D eigenvalue weighted by molar-refractivity contribution is 7.89. The van der Waals surface area contributed by atoms with E-state index >= 15 is 0 Å². The van der Waals surface area contributed by atoms with E-state index in [-0.39, 0.29) is 28.8 Å². The van der Waals surface area contributed by atoms with E-state index in [1.807, 2.05) is 32.9 Å². The monoisotopic (exact) mass is 537 g/mol. The summed E-state index contributed by atoms with van der Waals surface area (Å²) in [5.41, 5.74) is 5.03. The van der Waals surface area contributed by atoms with Crippen molar-refractivity contribution in [2.75, 3.05) is 19.6 Å². The summed E-state index contributed by atoms with van der Waals surface area (Å²) in [4.78, 5) is 0.427. The predicted octanol–water partition coefficient (Wildman–Crippen LogP) is 4.33. The Kier molecular flexibility index (Phi) is 6.74. The number of rotatable bonds is 6. The van der Waals surface area contributed by atoms with Crippen LogP contribution in [0.5, 0.6) is 0 Å². The van der Waals surface area contributed by atoms with Gasteiger partial charge in [-0.1, -0.05) is 47.0 Å². The molecule has 0 saturated heterocycles. The predicted molar refractivity (Wildman–Crippen MR) is 146 cm³/mol. The minimum absolute atomic E-state index is 0.0748. The lowest BCUT2D eigenvalue weighted by Gasteiger charge is -2.24. The topological polar surface area (TPSA) is 88.5 Å². The van der Waals surface area contributed by atoms with Crippen LogP contribution in [-0.4, -0.2) is 45.3 Å². The number of hydrogen-bond acceptors (Lipinski definition) is 4. The Bertz CT molecular complexity index is 1660. The normalized spacial score (nSPS) is 17.0. The van der Waals surface area contributed by atoms with E-state index in [4.69, 9.17) is 0 Å². The molecule has 0 bridgehead atoms. The first-order valence-electron chi connectivity index (χ1n) is 12.3. The molecule has 4 aromatic rings. The van der Waals surface area contributed by atoms with Gasteiger partial charge < -0.3 is 4.57 Å². The van der Waals surface area contributed by atoms with Gasteiger partial charge in [0, 0.05) is 48.7 Å². The molecule has 0 radical (unpaired) electrons. The van der Waals surface area contributed by atoms with E-state index in [9.17, 15) is 16.8 Å². The van der Waals surface area contributed by atoms with Gasteiger partial charge in [0.15, 0.2) is 0 Å². The van der Waals surface area contributed by atoms with Gasteiger partial charge in [-0.3, -0.25) is 0 Å². The van der Waals surface area contributed by atoms with Crippen LogP contribution in [-0.2, 0) is 26.6 Å². The molecule has 0 aliphatic carbocycles. The minimum atomic E-state index is -3.76. The van der Waals surface area contributed by atoms with E-state index in [1.54, 1.807) is 48.5 Å². The molecule has 1 aliphatic heterocycles. The molecule has 3 aromatic carbocycles. The summed E-state index contributed by atoms with van der Waals surface area (Å²) in [6, 6.07) is 21.8. The second kappa shape index (κ2) is 9.72. The number of fused-ring (bicyclic) bond motifs is 3. The van der Waals surface area contributed by atoms with Crippen LogP contribution in [0.25, 0.3) is 10.9 Å². The van der Waals surface area contributed by atoms with Gasteiger partial charge in [-0.25, -0.2) is 21.6 Å². The summed E-state index contributed by atoms with van der Waals surface area (Å²) in [5, 5.41) is 1.07. The fourth-order valence-corrected chi connectivity index (χ4v) is 7.46. The molecule has 2 heterocycles. The van der Waals surface area contributed by atoms with E-state index in [1.165, 1.54) is 4.31 Å². The first-order chi connectivity index (χ1) is 17.5. The Hall–Kier alpha value is -2.98. The van der Waals surface area contributed by atoms with Crippen molar-refractivity contribution >= 4 is 30.9 Å². The highest BCUT2D eigenvalue weighted by atomic mass is 32.2. The van der Waals surface area contributed by atoms with Crippen molar-refractivity contribution in [2.24, 2.45) is 0 Å². The summed E-state index contributed by atoms with van der Waals surface area (Å²) < 4.78 is 59.7. The van der Waals surface area contributed by atoms with Crippen molar-refractivity contribution in [1.82, 2.24) is 13.6 Å². The SMILES string of the molecule is Cc1ccc(S(=O)(=O)NCC2CN(S(=O)(=O)c3ccc(C)cc3)CCn3c2cc2cc(C)ccc23)cc1. The summed E-state index contributed by atoms with van der Waals surface area (Å²) in [7, 11) is -7.52. The van der Waals surface area contributed by atoms with Gasteiger partial charge in [-0.2, -0.15) is 4.31 Å². The summed E-state index contributed by atoms with van der Waals surface area (Å²) in [6.07, 6.45) is 0. The maximum absolute atomic E-state index is 13.6. The minimum Gasteiger partial charge on any atom is -0.343 e. The molecule has 1 atom stereocenters. The Morgan fingerprint density at radius 2 is 1.35 bits per heavy atom. The van der Waals surface area contributed by atoms with Gasteiger partial charge in [-0.05, 0) is 63.2 Å². The molecule has 0 spiro atoms. The van der Waals surface area contributed by atoms with Crippen LogP contribution >= 0.6 is 0 Å². The van der Waals surface area contributed by atoms with Crippen molar-refractivity contribution < 1.29 is 16.8 Å².